The molecule has 0 bridgehead atoms. The Morgan fingerprint density at radius 3 is 2.88 bits per heavy atom. The van der Waals surface area contributed by atoms with E-state index in [-0.39, 0.29) is 24.0 Å². The zero-order chi connectivity index (χ0) is 18.5. The summed E-state index contributed by atoms with van der Waals surface area (Å²) in [5, 5.41) is 12.9. The number of nitrogens with one attached hydrogen (secondary N) is 1. The summed E-state index contributed by atoms with van der Waals surface area (Å²) in [6.45, 7) is 4.35. The number of likely N-dealkylation sites (N-methyl/N-ethyl adjacent to an activating group) is 1. The summed E-state index contributed by atoms with van der Waals surface area (Å²) in [5.74, 6) is 0.944. The maximum absolute atomic E-state index is 12.7. The van der Waals surface area contributed by atoms with Crippen LogP contribution < -0.4 is 10.1 Å². The first-order chi connectivity index (χ1) is 12.5. The number of hydrogen-bond acceptors (Lipinski definition) is 6. The molecule has 144 valence electrons. The molecule has 1 saturated carbocycles. The maximum atomic E-state index is 12.7. The van der Waals surface area contributed by atoms with Crippen molar-refractivity contribution in [2.24, 2.45) is 5.92 Å². The summed E-state index contributed by atoms with van der Waals surface area (Å²) in [6.07, 6.45) is 5.67. The van der Waals surface area contributed by atoms with Crippen LogP contribution in [0.5, 0.6) is 5.75 Å². The lowest BCUT2D eigenvalue weighted by atomic mass is 9.75. The van der Waals surface area contributed by atoms with Gasteiger partial charge in [0.05, 0.1) is 32.0 Å². The van der Waals surface area contributed by atoms with Gasteiger partial charge < -0.3 is 20.1 Å². The zero-order valence-corrected chi connectivity index (χ0v) is 15.7. The fraction of sp³-hybridized carbons (Fsp3) is 0.684. The molecule has 2 heterocycles. The molecule has 0 spiro atoms. The number of aliphatic hydroxyl groups excluding tert-OH is 1. The first-order valence-electron chi connectivity index (χ1n) is 9.42. The average Bonchev–Trinajstić information content (AvgIpc) is 2.81. The Labute approximate surface area is 155 Å². The van der Waals surface area contributed by atoms with Crippen LogP contribution in [0.1, 0.15) is 30.9 Å². The van der Waals surface area contributed by atoms with Crippen LogP contribution in [0.25, 0.3) is 0 Å². The Balaban J connectivity index is 1.64. The number of amides is 1. The highest BCUT2D eigenvalue weighted by molar-refractivity contribution is 5.78. The van der Waals surface area contributed by atoms with Gasteiger partial charge in [0.15, 0.2) is 0 Å². The lowest BCUT2D eigenvalue weighted by Crippen LogP contribution is -2.45. The number of ether oxygens (including phenoxy) is 1. The number of methoxy groups -OCH3 is 1. The molecule has 0 aromatic carbocycles. The summed E-state index contributed by atoms with van der Waals surface area (Å²) >= 11 is 0. The van der Waals surface area contributed by atoms with Crippen LogP contribution in [0.3, 0.4) is 0 Å². The standard InChI is InChI=1S/C19H30N4O3/c1-22-4-3-5-23(7-6-22)13-18(25)21-19(14-8-16(24)9-14)15-10-17(26-2)12-20-11-15/h10-12,14,16,19,24H,3-9,13H2,1-2H3,(H,21,25). The van der Waals surface area contributed by atoms with E-state index in [9.17, 15) is 9.90 Å². The van der Waals surface area contributed by atoms with Crippen molar-refractivity contribution in [3.63, 3.8) is 0 Å². The number of pyridine rings is 1. The van der Waals surface area contributed by atoms with E-state index < -0.39 is 0 Å². The average molecular weight is 362 g/mol. The quantitative estimate of drug-likeness (QED) is 0.774. The molecule has 0 radical (unpaired) electrons. The normalized spacial score (nSPS) is 25.8. The van der Waals surface area contributed by atoms with Gasteiger partial charge in [-0.05, 0) is 56.9 Å². The van der Waals surface area contributed by atoms with Crippen LogP contribution in [-0.2, 0) is 4.79 Å². The van der Waals surface area contributed by atoms with Crippen LogP contribution in [0.4, 0.5) is 0 Å². The van der Waals surface area contributed by atoms with Gasteiger partial charge in [-0.15, -0.1) is 0 Å². The SMILES string of the molecule is COc1cncc(C(NC(=O)CN2CCCN(C)CC2)C2CC(O)C2)c1. The fourth-order valence-electron chi connectivity index (χ4n) is 3.77. The largest absolute Gasteiger partial charge is 0.495 e. The van der Waals surface area contributed by atoms with Gasteiger partial charge in [0.1, 0.15) is 5.75 Å². The summed E-state index contributed by atoms with van der Waals surface area (Å²) in [5.41, 5.74) is 0.935. The van der Waals surface area contributed by atoms with Crippen molar-refractivity contribution in [2.45, 2.75) is 31.4 Å². The molecule has 1 aliphatic heterocycles. The summed E-state index contributed by atoms with van der Waals surface area (Å²) in [7, 11) is 3.73. The van der Waals surface area contributed by atoms with E-state index in [1.807, 2.05) is 6.07 Å². The lowest BCUT2D eigenvalue weighted by molar-refractivity contribution is -0.124. The molecule has 1 aliphatic carbocycles. The van der Waals surface area contributed by atoms with Gasteiger partial charge in [0.25, 0.3) is 0 Å². The third kappa shape index (κ3) is 4.93. The van der Waals surface area contributed by atoms with Gasteiger partial charge in [-0.3, -0.25) is 14.7 Å². The van der Waals surface area contributed by atoms with Gasteiger partial charge >= 0.3 is 0 Å². The van der Waals surface area contributed by atoms with Crippen LogP contribution in [0, 0.1) is 5.92 Å². The molecule has 26 heavy (non-hydrogen) atoms. The van der Waals surface area contributed by atoms with E-state index in [0.717, 1.165) is 38.2 Å². The van der Waals surface area contributed by atoms with Crippen molar-refractivity contribution in [3.8, 4) is 5.75 Å². The zero-order valence-electron chi connectivity index (χ0n) is 15.7. The molecule has 1 aromatic heterocycles. The highest BCUT2D eigenvalue weighted by Gasteiger charge is 2.36. The van der Waals surface area contributed by atoms with Crippen LogP contribution in [0.2, 0.25) is 0 Å². The van der Waals surface area contributed by atoms with Crippen molar-refractivity contribution in [1.82, 2.24) is 20.1 Å². The fourth-order valence-corrected chi connectivity index (χ4v) is 3.77. The molecule has 3 rings (SSSR count). The minimum absolute atomic E-state index is 0.0313. The maximum Gasteiger partial charge on any atom is 0.234 e. The second-order valence-electron chi connectivity index (χ2n) is 7.52. The topological polar surface area (TPSA) is 77.9 Å². The number of aliphatic hydroxyl groups is 1. The third-order valence-electron chi connectivity index (χ3n) is 5.45. The van der Waals surface area contributed by atoms with E-state index in [2.05, 4.69) is 27.1 Å². The van der Waals surface area contributed by atoms with Gasteiger partial charge in [-0.2, -0.15) is 0 Å². The molecule has 2 aliphatic rings. The Morgan fingerprint density at radius 1 is 1.35 bits per heavy atom. The van der Waals surface area contributed by atoms with Crippen LogP contribution >= 0.6 is 0 Å². The van der Waals surface area contributed by atoms with E-state index >= 15 is 0 Å². The molecule has 7 nitrogen and oxygen atoms in total. The molecule has 1 unspecified atom stereocenters. The van der Waals surface area contributed by atoms with E-state index in [1.165, 1.54) is 0 Å². The van der Waals surface area contributed by atoms with E-state index in [1.54, 1.807) is 19.5 Å². The van der Waals surface area contributed by atoms with Gasteiger partial charge in [-0.25, -0.2) is 0 Å². The second kappa shape index (κ2) is 8.79. The van der Waals surface area contributed by atoms with Crippen molar-refractivity contribution in [3.05, 3.63) is 24.0 Å². The molecule has 1 aromatic rings. The van der Waals surface area contributed by atoms with Crippen molar-refractivity contribution >= 4 is 5.91 Å². The summed E-state index contributed by atoms with van der Waals surface area (Å²) < 4.78 is 5.27. The summed E-state index contributed by atoms with van der Waals surface area (Å²) in [6, 6.07) is 1.78. The molecule has 1 saturated heterocycles. The Kier molecular flexibility index (Phi) is 6.45. The van der Waals surface area contributed by atoms with Gasteiger partial charge in [0, 0.05) is 19.3 Å². The second-order valence-corrected chi connectivity index (χ2v) is 7.52. The van der Waals surface area contributed by atoms with Crippen molar-refractivity contribution in [1.29, 1.82) is 0 Å². The first-order valence-corrected chi connectivity index (χ1v) is 9.42. The predicted octanol–water partition coefficient (Wildman–Crippen LogP) is 0.656. The van der Waals surface area contributed by atoms with Gasteiger partial charge in [-0.1, -0.05) is 0 Å². The molecule has 2 fully saturated rings. The summed E-state index contributed by atoms with van der Waals surface area (Å²) in [4.78, 5) is 21.4. The van der Waals surface area contributed by atoms with Crippen molar-refractivity contribution < 1.29 is 14.6 Å². The number of hydrogen-bond donors (Lipinski definition) is 2. The molecule has 7 heteroatoms. The molecular weight excluding hydrogens is 332 g/mol. The number of nitrogens with zero attached hydrogens (tertiary/aromatic N) is 3. The minimum Gasteiger partial charge on any atom is -0.495 e. The molecule has 1 amide bonds. The molecular formula is C19H30N4O3. The number of carbonyl (C=O) groups excluding carboxylic acids is 1. The number of rotatable bonds is 6. The minimum atomic E-state index is -0.265. The van der Waals surface area contributed by atoms with Crippen molar-refractivity contribution in [2.75, 3.05) is 46.9 Å². The van der Waals surface area contributed by atoms with Gasteiger partial charge in [0.2, 0.25) is 5.91 Å². The third-order valence-corrected chi connectivity index (χ3v) is 5.45. The van der Waals surface area contributed by atoms with Crippen LogP contribution in [-0.4, -0.2) is 78.8 Å². The lowest BCUT2D eigenvalue weighted by Gasteiger charge is -2.38. The highest BCUT2D eigenvalue weighted by Crippen LogP contribution is 2.38. The smallest absolute Gasteiger partial charge is 0.234 e. The first kappa shape index (κ1) is 19.1. The predicted molar refractivity (Wildman–Crippen MR) is 99.0 cm³/mol. The number of aromatic nitrogens is 1. The van der Waals surface area contributed by atoms with E-state index in [0.29, 0.717) is 25.1 Å². The molecule has 2 N–H and O–H groups in total. The molecule has 1 atom stereocenters. The van der Waals surface area contributed by atoms with E-state index in [4.69, 9.17) is 4.74 Å². The van der Waals surface area contributed by atoms with Crippen LogP contribution in [0.15, 0.2) is 18.5 Å². The monoisotopic (exact) mass is 362 g/mol. The highest BCUT2D eigenvalue weighted by atomic mass is 16.5. The Bertz CT molecular complexity index is 606. The Hall–Kier alpha value is -1.70. The Morgan fingerprint density at radius 2 is 2.15 bits per heavy atom. The number of carbonyl (C=O) groups is 1.